The minimum absolute atomic E-state index is 0.126. The van der Waals surface area contributed by atoms with Crippen molar-refractivity contribution in [3.05, 3.63) is 60.0 Å². The van der Waals surface area contributed by atoms with Crippen molar-refractivity contribution in [2.75, 3.05) is 6.61 Å². The van der Waals surface area contributed by atoms with Crippen LogP contribution in [-0.2, 0) is 6.54 Å². The Kier molecular flexibility index (Phi) is 4.55. The molecule has 3 rings (SSSR count). The number of carbonyl (C=O) groups excluding carboxylic acids is 1. The standard InChI is InChI=1S/C16H13F3N4O2/c17-16(18,19)10-25-14-2-1-11(8-20-14)9-21-15(24)12-4-6-23-13(7-12)3-5-22-23/h1-8H,9-10H2,(H,21,24). The van der Waals surface area contributed by atoms with Crippen LogP contribution in [0, 0.1) is 0 Å². The van der Waals surface area contributed by atoms with E-state index in [1.54, 1.807) is 41.2 Å². The fraction of sp³-hybridized carbons (Fsp3) is 0.188. The van der Waals surface area contributed by atoms with Gasteiger partial charge in [-0.05, 0) is 23.8 Å². The lowest BCUT2D eigenvalue weighted by Gasteiger charge is -2.09. The van der Waals surface area contributed by atoms with E-state index in [0.29, 0.717) is 11.1 Å². The molecule has 1 amide bonds. The molecule has 3 aromatic heterocycles. The van der Waals surface area contributed by atoms with E-state index in [4.69, 9.17) is 0 Å². The predicted molar refractivity (Wildman–Crippen MR) is 82.1 cm³/mol. The smallest absolute Gasteiger partial charge is 0.422 e. The number of amides is 1. The molecule has 25 heavy (non-hydrogen) atoms. The quantitative estimate of drug-likeness (QED) is 0.768. The zero-order valence-corrected chi connectivity index (χ0v) is 12.8. The molecule has 0 aliphatic heterocycles. The van der Waals surface area contributed by atoms with Crippen molar-refractivity contribution >= 4 is 11.4 Å². The van der Waals surface area contributed by atoms with Crippen LogP contribution in [0.25, 0.3) is 5.52 Å². The Labute approximate surface area is 140 Å². The van der Waals surface area contributed by atoms with Crippen LogP contribution in [-0.4, -0.2) is 33.3 Å². The number of alkyl halides is 3. The third-order valence-corrected chi connectivity index (χ3v) is 3.30. The third kappa shape index (κ3) is 4.46. The largest absolute Gasteiger partial charge is 0.468 e. The highest BCUT2D eigenvalue weighted by Crippen LogP contribution is 2.17. The van der Waals surface area contributed by atoms with Crippen LogP contribution < -0.4 is 10.1 Å². The number of halogens is 3. The molecule has 0 aromatic carbocycles. The number of hydrogen-bond donors (Lipinski definition) is 1. The molecule has 0 fully saturated rings. The van der Waals surface area contributed by atoms with E-state index in [0.717, 1.165) is 5.52 Å². The first-order chi connectivity index (χ1) is 11.9. The molecule has 0 spiro atoms. The maximum atomic E-state index is 12.2. The van der Waals surface area contributed by atoms with Crippen LogP contribution in [0.2, 0.25) is 0 Å². The van der Waals surface area contributed by atoms with Gasteiger partial charge in [0.1, 0.15) is 0 Å². The Balaban J connectivity index is 1.56. The van der Waals surface area contributed by atoms with Gasteiger partial charge in [0.05, 0.1) is 5.52 Å². The lowest BCUT2D eigenvalue weighted by molar-refractivity contribution is -0.154. The van der Waals surface area contributed by atoms with Crippen molar-refractivity contribution in [1.29, 1.82) is 0 Å². The first-order valence-corrected chi connectivity index (χ1v) is 7.27. The molecule has 1 N–H and O–H groups in total. The van der Waals surface area contributed by atoms with Gasteiger partial charge in [0, 0.05) is 36.8 Å². The fourth-order valence-corrected chi connectivity index (χ4v) is 2.10. The van der Waals surface area contributed by atoms with Crippen LogP contribution in [0.3, 0.4) is 0 Å². The Morgan fingerprint density at radius 2 is 2.08 bits per heavy atom. The summed E-state index contributed by atoms with van der Waals surface area (Å²) >= 11 is 0. The molecule has 0 radical (unpaired) electrons. The summed E-state index contributed by atoms with van der Waals surface area (Å²) in [5, 5.41) is 6.76. The molecule has 0 bridgehead atoms. The number of nitrogens with one attached hydrogen (secondary N) is 1. The molecule has 0 saturated carbocycles. The number of aromatic nitrogens is 3. The molecule has 0 unspecified atom stereocenters. The molecule has 130 valence electrons. The minimum atomic E-state index is -4.41. The second-order valence-corrected chi connectivity index (χ2v) is 5.21. The monoisotopic (exact) mass is 350 g/mol. The summed E-state index contributed by atoms with van der Waals surface area (Å²) in [5.41, 5.74) is 1.91. The van der Waals surface area contributed by atoms with Crippen molar-refractivity contribution in [1.82, 2.24) is 19.9 Å². The summed E-state index contributed by atoms with van der Waals surface area (Å²) in [6.45, 7) is -1.21. The van der Waals surface area contributed by atoms with Gasteiger partial charge in [-0.1, -0.05) is 6.07 Å². The highest BCUT2D eigenvalue weighted by molar-refractivity contribution is 5.95. The lowest BCUT2D eigenvalue weighted by Crippen LogP contribution is -2.23. The van der Waals surface area contributed by atoms with Gasteiger partial charge in [-0.25, -0.2) is 9.50 Å². The highest BCUT2D eigenvalue weighted by atomic mass is 19.4. The fourth-order valence-electron chi connectivity index (χ4n) is 2.10. The van der Waals surface area contributed by atoms with Crippen molar-refractivity contribution in [2.45, 2.75) is 12.7 Å². The zero-order valence-electron chi connectivity index (χ0n) is 12.8. The van der Waals surface area contributed by atoms with E-state index in [2.05, 4.69) is 20.1 Å². The van der Waals surface area contributed by atoms with E-state index in [1.807, 2.05) is 0 Å². The van der Waals surface area contributed by atoms with Crippen molar-refractivity contribution in [3.63, 3.8) is 0 Å². The van der Waals surface area contributed by atoms with Gasteiger partial charge >= 0.3 is 6.18 Å². The first-order valence-electron chi connectivity index (χ1n) is 7.27. The second-order valence-electron chi connectivity index (χ2n) is 5.21. The van der Waals surface area contributed by atoms with Crippen LogP contribution in [0.4, 0.5) is 13.2 Å². The number of nitrogens with zero attached hydrogens (tertiary/aromatic N) is 3. The summed E-state index contributed by atoms with van der Waals surface area (Å²) in [6.07, 6.45) is 0.251. The Morgan fingerprint density at radius 3 is 2.80 bits per heavy atom. The average molecular weight is 350 g/mol. The maximum absolute atomic E-state index is 12.2. The number of fused-ring (bicyclic) bond motifs is 1. The van der Waals surface area contributed by atoms with E-state index >= 15 is 0 Å². The molecule has 0 atom stereocenters. The molecular weight excluding hydrogens is 337 g/mol. The van der Waals surface area contributed by atoms with Crippen LogP contribution in [0.5, 0.6) is 5.88 Å². The van der Waals surface area contributed by atoms with Gasteiger partial charge in [-0.15, -0.1) is 0 Å². The Bertz CT molecular complexity index is 875. The van der Waals surface area contributed by atoms with E-state index in [-0.39, 0.29) is 18.3 Å². The van der Waals surface area contributed by atoms with E-state index in [9.17, 15) is 18.0 Å². The molecule has 6 nitrogen and oxygen atoms in total. The lowest BCUT2D eigenvalue weighted by atomic mass is 10.2. The van der Waals surface area contributed by atoms with Crippen LogP contribution in [0.15, 0.2) is 48.9 Å². The van der Waals surface area contributed by atoms with E-state index in [1.165, 1.54) is 12.3 Å². The molecule has 3 aromatic rings. The SMILES string of the molecule is O=C(NCc1ccc(OCC(F)(F)F)nc1)c1ccn2nccc2c1. The van der Waals surface area contributed by atoms with Gasteiger partial charge in [-0.3, -0.25) is 4.79 Å². The molecule has 3 heterocycles. The minimum Gasteiger partial charge on any atom is -0.468 e. The summed E-state index contributed by atoms with van der Waals surface area (Å²) in [5.74, 6) is -0.403. The Morgan fingerprint density at radius 1 is 1.24 bits per heavy atom. The van der Waals surface area contributed by atoms with Gasteiger partial charge in [0.25, 0.3) is 5.91 Å². The van der Waals surface area contributed by atoms with Gasteiger partial charge in [-0.2, -0.15) is 18.3 Å². The average Bonchev–Trinajstić information content (AvgIpc) is 3.05. The number of hydrogen-bond acceptors (Lipinski definition) is 4. The number of pyridine rings is 2. The topological polar surface area (TPSA) is 68.5 Å². The summed E-state index contributed by atoms with van der Waals surface area (Å²) in [7, 11) is 0. The van der Waals surface area contributed by atoms with Crippen molar-refractivity contribution in [2.24, 2.45) is 0 Å². The summed E-state index contributed by atoms with van der Waals surface area (Å²) < 4.78 is 42.3. The van der Waals surface area contributed by atoms with Gasteiger partial charge in [0.15, 0.2) is 6.61 Å². The number of ether oxygens (including phenoxy) is 1. The van der Waals surface area contributed by atoms with Gasteiger partial charge in [0.2, 0.25) is 5.88 Å². The second kappa shape index (κ2) is 6.80. The normalized spacial score (nSPS) is 11.5. The molecule has 0 aliphatic rings. The molecular formula is C16H13F3N4O2. The van der Waals surface area contributed by atoms with Crippen LogP contribution in [0.1, 0.15) is 15.9 Å². The van der Waals surface area contributed by atoms with Gasteiger partial charge < -0.3 is 10.1 Å². The predicted octanol–water partition coefficient (Wildman–Crippen LogP) is 2.60. The van der Waals surface area contributed by atoms with Crippen LogP contribution >= 0.6 is 0 Å². The molecule has 9 heteroatoms. The summed E-state index contributed by atoms with van der Waals surface area (Å²) in [6, 6.07) is 7.99. The zero-order chi connectivity index (χ0) is 17.9. The molecule has 0 saturated heterocycles. The van der Waals surface area contributed by atoms with E-state index < -0.39 is 12.8 Å². The first kappa shape index (κ1) is 16.7. The molecule has 0 aliphatic carbocycles. The third-order valence-electron chi connectivity index (χ3n) is 3.30. The maximum Gasteiger partial charge on any atom is 0.422 e. The van der Waals surface area contributed by atoms with Crippen molar-refractivity contribution in [3.8, 4) is 5.88 Å². The Hall–Kier alpha value is -3.10. The van der Waals surface area contributed by atoms with Crippen molar-refractivity contribution < 1.29 is 22.7 Å². The highest BCUT2D eigenvalue weighted by Gasteiger charge is 2.28. The number of carbonyl (C=O) groups is 1. The number of rotatable bonds is 5. The summed E-state index contributed by atoms with van der Waals surface area (Å²) in [4.78, 5) is 15.9.